The fourth-order valence-electron chi connectivity index (χ4n) is 1.30. The summed E-state index contributed by atoms with van der Waals surface area (Å²) in [6, 6.07) is 6.77. The van der Waals surface area contributed by atoms with Crippen LogP contribution in [0.25, 0.3) is 0 Å². The number of nitrogens with one attached hydrogen (secondary N) is 1. The van der Waals surface area contributed by atoms with Crippen LogP contribution in [0.3, 0.4) is 0 Å². The number of hydrogen-bond donors (Lipinski definition) is 2. The van der Waals surface area contributed by atoms with Gasteiger partial charge in [0.1, 0.15) is 5.75 Å². The van der Waals surface area contributed by atoms with Crippen LogP contribution in [0.1, 0.15) is 20.8 Å². The second-order valence-corrected chi connectivity index (χ2v) is 6.93. The van der Waals surface area contributed by atoms with E-state index in [1.807, 2.05) is 20.8 Å². The van der Waals surface area contributed by atoms with E-state index >= 15 is 0 Å². The first-order chi connectivity index (χ1) is 9.28. The molecule has 5 nitrogen and oxygen atoms in total. The highest BCUT2D eigenvalue weighted by molar-refractivity contribution is 8.01. The van der Waals surface area contributed by atoms with E-state index < -0.39 is 12.6 Å². The summed E-state index contributed by atoms with van der Waals surface area (Å²) in [5, 5.41) is 11.3. The first-order valence-electron chi connectivity index (χ1n) is 6.15. The summed E-state index contributed by atoms with van der Waals surface area (Å²) in [5.41, 5.74) is 0.480. The molecular weight excluding hydrogens is 278 g/mol. The Kier molecular flexibility index (Phi) is 5.88. The van der Waals surface area contributed by atoms with Gasteiger partial charge in [0, 0.05) is 4.75 Å². The monoisotopic (exact) mass is 297 g/mol. The Morgan fingerprint density at radius 2 is 1.95 bits per heavy atom. The maximum atomic E-state index is 11.8. The molecule has 1 aromatic rings. The Balaban J connectivity index is 2.62. The SMILES string of the molecule is CC(C)(C)SCC(=O)Nc1ccccc1OCC(=O)O. The van der Waals surface area contributed by atoms with E-state index in [1.54, 1.807) is 24.3 Å². The molecule has 0 heterocycles. The Morgan fingerprint density at radius 1 is 1.30 bits per heavy atom. The molecule has 0 aliphatic carbocycles. The number of ether oxygens (including phenoxy) is 1. The number of anilines is 1. The van der Waals surface area contributed by atoms with Gasteiger partial charge in [-0.3, -0.25) is 4.79 Å². The zero-order valence-electron chi connectivity index (χ0n) is 11.8. The van der Waals surface area contributed by atoms with Gasteiger partial charge in [0.2, 0.25) is 5.91 Å². The number of benzene rings is 1. The second kappa shape index (κ2) is 7.19. The van der Waals surface area contributed by atoms with E-state index in [9.17, 15) is 9.59 Å². The van der Waals surface area contributed by atoms with Crippen LogP contribution in [-0.2, 0) is 9.59 Å². The fourth-order valence-corrected chi connectivity index (χ4v) is 1.94. The highest BCUT2D eigenvalue weighted by Gasteiger charge is 2.14. The number of para-hydroxylation sites is 2. The smallest absolute Gasteiger partial charge is 0.341 e. The Bertz CT molecular complexity index is 482. The van der Waals surface area contributed by atoms with Crippen molar-refractivity contribution in [2.24, 2.45) is 0 Å². The van der Waals surface area contributed by atoms with Crippen LogP contribution >= 0.6 is 11.8 Å². The number of carboxylic acids is 1. The quantitative estimate of drug-likeness (QED) is 0.844. The molecule has 0 radical (unpaired) electrons. The van der Waals surface area contributed by atoms with Crippen LogP contribution in [0.5, 0.6) is 5.75 Å². The lowest BCUT2D eigenvalue weighted by atomic mass is 10.3. The van der Waals surface area contributed by atoms with E-state index in [0.717, 1.165) is 0 Å². The van der Waals surface area contributed by atoms with Crippen LogP contribution in [0.2, 0.25) is 0 Å². The topological polar surface area (TPSA) is 75.6 Å². The first-order valence-corrected chi connectivity index (χ1v) is 7.14. The van der Waals surface area contributed by atoms with Crippen molar-refractivity contribution >= 4 is 29.3 Å². The molecule has 0 bridgehead atoms. The third-order valence-electron chi connectivity index (χ3n) is 2.15. The third-order valence-corrected chi connectivity index (χ3v) is 3.42. The molecule has 0 aliphatic heterocycles. The van der Waals surface area contributed by atoms with Gasteiger partial charge in [0.15, 0.2) is 6.61 Å². The van der Waals surface area contributed by atoms with E-state index in [-0.39, 0.29) is 10.7 Å². The van der Waals surface area contributed by atoms with Gasteiger partial charge >= 0.3 is 5.97 Å². The van der Waals surface area contributed by atoms with Crippen molar-refractivity contribution in [2.75, 3.05) is 17.7 Å². The van der Waals surface area contributed by atoms with Crippen molar-refractivity contribution in [3.05, 3.63) is 24.3 Å². The van der Waals surface area contributed by atoms with Crippen LogP contribution in [0.15, 0.2) is 24.3 Å². The summed E-state index contributed by atoms with van der Waals surface area (Å²) < 4.78 is 5.13. The van der Waals surface area contributed by atoms with Gasteiger partial charge in [0.25, 0.3) is 0 Å². The van der Waals surface area contributed by atoms with Gasteiger partial charge in [-0.15, -0.1) is 11.8 Å². The average molecular weight is 297 g/mol. The zero-order valence-corrected chi connectivity index (χ0v) is 12.6. The van der Waals surface area contributed by atoms with Crippen molar-refractivity contribution in [1.82, 2.24) is 0 Å². The number of aliphatic carboxylic acids is 1. The Hall–Kier alpha value is -1.69. The van der Waals surface area contributed by atoms with Crippen LogP contribution in [0.4, 0.5) is 5.69 Å². The zero-order chi connectivity index (χ0) is 15.2. The number of hydrogen-bond acceptors (Lipinski definition) is 4. The predicted octanol–water partition coefficient (Wildman–Crippen LogP) is 2.62. The second-order valence-electron chi connectivity index (χ2n) is 5.13. The number of amides is 1. The molecule has 0 aliphatic rings. The summed E-state index contributed by atoms with van der Waals surface area (Å²) in [5.74, 6) is -0.522. The lowest BCUT2D eigenvalue weighted by Gasteiger charge is -2.17. The molecule has 0 spiro atoms. The normalized spacial score (nSPS) is 10.9. The maximum Gasteiger partial charge on any atom is 0.341 e. The van der Waals surface area contributed by atoms with E-state index in [2.05, 4.69) is 5.32 Å². The minimum atomic E-state index is -1.06. The van der Waals surface area contributed by atoms with Crippen molar-refractivity contribution in [3.63, 3.8) is 0 Å². The summed E-state index contributed by atoms with van der Waals surface area (Å²) in [4.78, 5) is 22.3. The molecule has 0 atom stereocenters. The molecule has 0 saturated heterocycles. The molecule has 0 fully saturated rings. The Morgan fingerprint density at radius 3 is 2.55 bits per heavy atom. The van der Waals surface area contributed by atoms with E-state index in [1.165, 1.54) is 11.8 Å². The summed E-state index contributed by atoms with van der Waals surface area (Å²) >= 11 is 1.54. The number of carbonyl (C=O) groups is 2. The molecule has 0 unspecified atom stereocenters. The minimum absolute atomic E-state index is 0.0106. The number of thioether (sulfide) groups is 1. The van der Waals surface area contributed by atoms with Crippen molar-refractivity contribution in [2.45, 2.75) is 25.5 Å². The van der Waals surface area contributed by atoms with Gasteiger partial charge in [-0.2, -0.15) is 0 Å². The number of carboxylic acid groups (broad SMARTS) is 1. The number of carbonyl (C=O) groups excluding carboxylic acids is 1. The van der Waals surface area contributed by atoms with Crippen molar-refractivity contribution < 1.29 is 19.4 Å². The minimum Gasteiger partial charge on any atom is -0.480 e. The fraction of sp³-hybridized carbons (Fsp3) is 0.429. The molecular formula is C14H19NO4S. The molecule has 20 heavy (non-hydrogen) atoms. The summed E-state index contributed by atoms with van der Waals surface area (Å²) in [7, 11) is 0. The van der Waals surface area contributed by atoms with Crippen LogP contribution in [0, 0.1) is 0 Å². The third kappa shape index (κ3) is 6.47. The van der Waals surface area contributed by atoms with Gasteiger partial charge in [0.05, 0.1) is 11.4 Å². The highest BCUT2D eigenvalue weighted by atomic mass is 32.2. The van der Waals surface area contributed by atoms with Crippen molar-refractivity contribution in [3.8, 4) is 5.75 Å². The van der Waals surface area contributed by atoms with Gasteiger partial charge < -0.3 is 15.2 Å². The Labute approximate surface area is 122 Å². The lowest BCUT2D eigenvalue weighted by molar-refractivity contribution is -0.139. The molecule has 0 saturated carbocycles. The molecule has 0 aromatic heterocycles. The molecule has 6 heteroatoms. The predicted molar refractivity (Wildman–Crippen MR) is 80.4 cm³/mol. The largest absolute Gasteiger partial charge is 0.480 e. The molecule has 110 valence electrons. The molecule has 1 aromatic carbocycles. The summed E-state index contributed by atoms with van der Waals surface area (Å²) in [6.07, 6.45) is 0. The first kappa shape index (κ1) is 16.4. The van der Waals surface area contributed by atoms with Gasteiger partial charge in [-0.1, -0.05) is 32.9 Å². The van der Waals surface area contributed by atoms with E-state index in [4.69, 9.17) is 9.84 Å². The van der Waals surface area contributed by atoms with Crippen LogP contribution < -0.4 is 10.1 Å². The molecule has 2 N–H and O–H groups in total. The maximum absolute atomic E-state index is 11.8. The van der Waals surface area contributed by atoms with Gasteiger partial charge in [-0.25, -0.2) is 4.79 Å². The standard InChI is InChI=1S/C14H19NO4S/c1-14(2,3)20-9-12(16)15-10-6-4-5-7-11(10)19-8-13(17)18/h4-7H,8-9H2,1-3H3,(H,15,16)(H,17,18). The average Bonchev–Trinajstić information content (AvgIpc) is 2.34. The number of rotatable bonds is 6. The summed E-state index contributed by atoms with van der Waals surface area (Å²) in [6.45, 7) is 5.67. The van der Waals surface area contributed by atoms with Crippen LogP contribution in [-0.4, -0.2) is 34.1 Å². The lowest BCUT2D eigenvalue weighted by Crippen LogP contribution is -2.19. The van der Waals surface area contributed by atoms with E-state index in [0.29, 0.717) is 17.2 Å². The van der Waals surface area contributed by atoms with Crippen molar-refractivity contribution in [1.29, 1.82) is 0 Å². The molecule has 1 rings (SSSR count). The van der Waals surface area contributed by atoms with Gasteiger partial charge in [-0.05, 0) is 12.1 Å². The molecule has 1 amide bonds. The highest BCUT2D eigenvalue weighted by Crippen LogP contribution is 2.26.